The molecule has 29 heavy (non-hydrogen) atoms. The molecule has 0 aliphatic heterocycles. The fourth-order valence-electron chi connectivity index (χ4n) is 2.18. The number of Topliss-reactive ketones (excluding diaryl/α,β-unsaturated/α-hetero) is 1. The van der Waals surface area contributed by atoms with Crippen LogP contribution in [0.3, 0.4) is 0 Å². The Kier molecular flexibility index (Phi) is 7.09. The number of ketones is 1. The lowest BCUT2D eigenvalue weighted by molar-refractivity contribution is -0.136. The molecule has 1 aromatic heterocycles. The molecular weight excluding hydrogens is 402 g/mol. The van der Waals surface area contributed by atoms with Gasteiger partial charge in [-0.25, -0.2) is 0 Å². The summed E-state index contributed by atoms with van der Waals surface area (Å²) in [6, 6.07) is 3.89. The Bertz CT molecular complexity index is 1000. The number of phenols is 1. The molecule has 0 saturated carbocycles. The molecule has 4 N–H and O–H groups in total. The van der Waals surface area contributed by atoms with Crippen molar-refractivity contribution in [2.75, 3.05) is 17.2 Å². The highest BCUT2D eigenvalue weighted by Crippen LogP contribution is 2.41. The fraction of sp³-hybridized carbons (Fsp3) is 0.235. The number of rotatable bonds is 9. The van der Waals surface area contributed by atoms with E-state index in [0.29, 0.717) is 0 Å². The van der Waals surface area contributed by atoms with E-state index in [0.717, 1.165) is 11.3 Å². The molecule has 0 bridgehead atoms. The normalized spacial score (nSPS) is 10.7. The molecule has 0 unspecified atom stereocenters. The van der Waals surface area contributed by atoms with E-state index >= 15 is 0 Å². The summed E-state index contributed by atoms with van der Waals surface area (Å²) in [5.74, 6) is -1.92. The first-order chi connectivity index (χ1) is 13.7. The molecule has 0 saturated heterocycles. The number of aromatic hydroxyl groups is 1. The molecular formula is C17H17N5O6S. The van der Waals surface area contributed by atoms with Gasteiger partial charge in [-0.1, -0.05) is 0 Å². The quantitative estimate of drug-likeness (QED) is 0.154. The Morgan fingerprint density at radius 2 is 1.79 bits per heavy atom. The maximum atomic E-state index is 11.5. The van der Waals surface area contributed by atoms with Crippen LogP contribution in [0.15, 0.2) is 33.6 Å². The summed E-state index contributed by atoms with van der Waals surface area (Å²) in [6.07, 6.45) is -0.172. The van der Waals surface area contributed by atoms with Crippen molar-refractivity contribution in [2.45, 2.75) is 20.3 Å². The van der Waals surface area contributed by atoms with Gasteiger partial charge in [-0.15, -0.1) is 26.5 Å². The van der Waals surface area contributed by atoms with Crippen LogP contribution >= 0.6 is 11.3 Å². The van der Waals surface area contributed by atoms with Gasteiger partial charge in [0.25, 0.3) is 0 Å². The fourth-order valence-corrected chi connectivity index (χ4v) is 2.98. The Morgan fingerprint density at radius 3 is 2.38 bits per heavy atom. The van der Waals surface area contributed by atoms with Gasteiger partial charge in [0.2, 0.25) is 5.91 Å². The van der Waals surface area contributed by atoms with Crippen molar-refractivity contribution in [3.63, 3.8) is 0 Å². The van der Waals surface area contributed by atoms with Gasteiger partial charge in [0, 0.05) is 19.5 Å². The SMILES string of the molecule is CC(=O)Nc1cc(NCCC(=O)O)c(O)cc1N=Nc1sc(C(C)=O)cc1N=O. The number of amides is 1. The van der Waals surface area contributed by atoms with E-state index in [1.165, 1.54) is 32.0 Å². The number of phenolic OH excluding ortho intramolecular Hbond substituents is 1. The number of nitroso groups, excluding NO2 is 1. The number of nitrogens with one attached hydrogen (secondary N) is 2. The summed E-state index contributed by atoms with van der Waals surface area (Å²) in [6.45, 7) is 2.67. The van der Waals surface area contributed by atoms with Crippen LogP contribution < -0.4 is 10.6 Å². The Labute approximate surface area is 168 Å². The van der Waals surface area contributed by atoms with E-state index in [1.807, 2.05) is 0 Å². The average molecular weight is 419 g/mol. The maximum Gasteiger partial charge on any atom is 0.305 e. The minimum Gasteiger partial charge on any atom is -0.506 e. The number of anilines is 2. The maximum absolute atomic E-state index is 11.5. The van der Waals surface area contributed by atoms with Gasteiger partial charge in [0.15, 0.2) is 10.8 Å². The summed E-state index contributed by atoms with van der Waals surface area (Å²) in [4.78, 5) is 44.8. The van der Waals surface area contributed by atoms with Crippen LogP contribution in [0.25, 0.3) is 0 Å². The first-order valence-corrected chi connectivity index (χ1v) is 9.03. The summed E-state index contributed by atoms with van der Waals surface area (Å²) in [7, 11) is 0. The van der Waals surface area contributed by atoms with Crippen LogP contribution in [-0.4, -0.2) is 34.4 Å². The predicted molar refractivity (Wildman–Crippen MR) is 107 cm³/mol. The number of carbonyl (C=O) groups excluding carboxylic acids is 2. The van der Waals surface area contributed by atoms with Crippen molar-refractivity contribution in [1.29, 1.82) is 0 Å². The molecule has 2 rings (SSSR count). The largest absolute Gasteiger partial charge is 0.506 e. The highest BCUT2D eigenvalue weighted by atomic mass is 32.1. The molecule has 1 heterocycles. The molecule has 0 radical (unpaired) electrons. The number of benzene rings is 1. The number of carboxylic acids is 1. The molecule has 1 aromatic carbocycles. The zero-order chi connectivity index (χ0) is 21.6. The van der Waals surface area contributed by atoms with Crippen LogP contribution in [0, 0.1) is 4.91 Å². The predicted octanol–water partition coefficient (Wildman–Crippen LogP) is 4.31. The van der Waals surface area contributed by atoms with E-state index in [1.54, 1.807) is 0 Å². The lowest BCUT2D eigenvalue weighted by atomic mass is 10.2. The minimum absolute atomic E-state index is 0.0544. The topological polar surface area (TPSA) is 170 Å². The number of aliphatic carboxylic acids is 1. The van der Waals surface area contributed by atoms with Gasteiger partial charge >= 0.3 is 5.97 Å². The van der Waals surface area contributed by atoms with E-state index in [4.69, 9.17) is 5.11 Å². The van der Waals surface area contributed by atoms with Gasteiger partial charge in [-0.3, -0.25) is 14.4 Å². The Morgan fingerprint density at radius 1 is 1.07 bits per heavy atom. The van der Waals surface area contributed by atoms with Crippen LogP contribution in [-0.2, 0) is 9.59 Å². The zero-order valence-electron chi connectivity index (χ0n) is 15.4. The van der Waals surface area contributed by atoms with Crippen LogP contribution in [0.5, 0.6) is 5.75 Å². The van der Waals surface area contributed by atoms with Crippen molar-refractivity contribution in [3.05, 3.63) is 28.0 Å². The van der Waals surface area contributed by atoms with Gasteiger partial charge in [-0.2, -0.15) is 0 Å². The van der Waals surface area contributed by atoms with E-state index in [-0.39, 0.29) is 57.1 Å². The number of thiophene rings is 1. The third kappa shape index (κ3) is 5.90. The second-order valence-electron chi connectivity index (χ2n) is 5.79. The van der Waals surface area contributed by atoms with Gasteiger partial charge in [0.1, 0.15) is 17.1 Å². The standard InChI is InChI=1S/C17H17N5O6S/c1-8(23)15-7-13(22-28)17(29-15)21-20-11-6-14(25)12(18-4-3-16(26)27)5-10(11)19-9(2)24/h5-7,18,25H,3-4H2,1-2H3,(H,19,24)(H,26,27). The Balaban J connectivity index is 2.38. The Hall–Kier alpha value is -3.67. The summed E-state index contributed by atoms with van der Waals surface area (Å²) < 4.78 is 0. The molecule has 0 aliphatic carbocycles. The summed E-state index contributed by atoms with van der Waals surface area (Å²) >= 11 is 0.931. The third-order valence-corrected chi connectivity index (χ3v) is 4.58. The number of carboxylic acid groups (broad SMARTS) is 1. The highest BCUT2D eigenvalue weighted by molar-refractivity contribution is 7.18. The summed E-state index contributed by atoms with van der Waals surface area (Å²) in [5.41, 5.74) is 0.414. The van der Waals surface area contributed by atoms with Crippen molar-refractivity contribution >= 4 is 56.7 Å². The number of carbonyl (C=O) groups is 3. The average Bonchev–Trinajstić information content (AvgIpc) is 3.05. The second-order valence-corrected chi connectivity index (χ2v) is 6.82. The van der Waals surface area contributed by atoms with Crippen LogP contribution in [0.2, 0.25) is 0 Å². The lowest BCUT2D eigenvalue weighted by Gasteiger charge is -2.12. The number of nitrogens with zero attached hydrogens (tertiary/aromatic N) is 3. The zero-order valence-corrected chi connectivity index (χ0v) is 16.2. The lowest BCUT2D eigenvalue weighted by Crippen LogP contribution is -2.09. The van der Waals surface area contributed by atoms with E-state index in [2.05, 4.69) is 26.0 Å². The number of hydrogen-bond acceptors (Lipinski definition) is 10. The molecule has 1 amide bonds. The van der Waals surface area contributed by atoms with Gasteiger partial charge < -0.3 is 20.8 Å². The van der Waals surface area contributed by atoms with Crippen molar-refractivity contribution in [3.8, 4) is 5.75 Å². The molecule has 0 fully saturated rings. The smallest absolute Gasteiger partial charge is 0.305 e. The molecule has 11 nitrogen and oxygen atoms in total. The molecule has 2 aromatic rings. The molecule has 0 spiro atoms. The van der Waals surface area contributed by atoms with Crippen molar-refractivity contribution in [1.82, 2.24) is 0 Å². The van der Waals surface area contributed by atoms with Crippen molar-refractivity contribution < 1.29 is 24.6 Å². The first kappa shape index (κ1) is 21.6. The van der Waals surface area contributed by atoms with Gasteiger partial charge in [-0.05, 0) is 24.2 Å². The van der Waals surface area contributed by atoms with Crippen LogP contribution in [0.4, 0.5) is 27.8 Å². The highest BCUT2D eigenvalue weighted by Gasteiger charge is 2.14. The molecule has 12 heteroatoms. The minimum atomic E-state index is -1.01. The molecule has 152 valence electrons. The van der Waals surface area contributed by atoms with Crippen molar-refractivity contribution in [2.24, 2.45) is 15.4 Å². The third-order valence-electron chi connectivity index (χ3n) is 3.47. The number of azo groups is 1. The summed E-state index contributed by atoms with van der Waals surface area (Å²) in [5, 5.41) is 34.9. The van der Waals surface area contributed by atoms with E-state index in [9.17, 15) is 24.4 Å². The van der Waals surface area contributed by atoms with E-state index < -0.39 is 11.9 Å². The molecule has 0 atom stereocenters. The van der Waals surface area contributed by atoms with Gasteiger partial charge in [0.05, 0.1) is 22.7 Å². The number of hydrogen-bond donors (Lipinski definition) is 4. The second kappa shape index (κ2) is 9.50. The molecule has 0 aliphatic rings. The van der Waals surface area contributed by atoms with Crippen LogP contribution in [0.1, 0.15) is 29.9 Å². The monoisotopic (exact) mass is 419 g/mol. The first-order valence-electron chi connectivity index (χ1n) is 8.21.